The predicted octanol–water partition coefficient (Wildman–Crippen LogP) is 4.40. The molecule has 0 fully saturated rings. The molecule has 0 atom stereocenters. The van der Waals surface area contributed by atoms with Crippen LogP contribution in [0.4, 0.5) is 11.4 Å². The number of anilines is 2. The highest BCUT2D eigenvalue weighted by molar-refractivity contribution is 6.05. The second kappa shape index (κ2) is 11.2. The van der Waals surface area contributed by atoms with Crippen LogP contribution in [0.15, 0.2) is 72.8 Å². The standard InChI is InChI=1S/C21H21N3O2.2ClH/c22-13-15-7-11-18(12-8-15)26-14-16-5-9-17(10-6-16)21(25)24-20-4-2-1-3-19(20)23;;/h1-12H,13-14,22-23H2,(H,24,25);2*1H. The SMILES string of the molecule is Cl.Cl.NCc1ccc(OCc2ccc(C(=O)Nc3ccccc3N)cc2)cc1. The Morgan fingerprint density at radius 1 is 0.857 bits per heavy atom. The molecule has 1 amide bonds. The molecule has 0 aliphatic heterocycles. The molecule has 0 heterocycles. The first-order chi connectivity index (χ1) is 12.7. The number of para-hydroxylation sites is 2. The molecule has 3 rings (SSSR count). The number of ether oxygens (including phenoxy) is 1. The van der Waals surface area contributed by atoms with Crippen LogP contribution in [-0.4, -0.2) is 5.91 Å². The minimum atomic E-state index is -0.201. The van der Waals surface area contributed by atoms with Crippen LogP contribution in [0.3, 0.4) is 0 Å². The number of hydrogen-bond donors (Lipinski definition) is 3. The number of carbonyl (C=O) groups excluding carboxylic acids is 1. The third-order valence-corrected chi connectivity index (χ3v) is 3.99. The number of carbonyl (C=O) groups is 1. The van der Waals surface area contributed by atoms with Gasteiger partial charge in [0.15, 0.2) is 0 Å². The fourth-order valence-electron chi connectivity index (χ4n) is 2.45. The second-order valence-electron chi connectivity index (χ2n) is 5.88. The molecule has 0 spiro atoms. The molecule has 0 aliphatic carbocycles. The van der Waals surface area contributed by atoms with Crippen molar-refractivity contribution < 1.29 is 9.53 Å². The van der Waals surface area contributed by atoms with Gasteiger partial charge in [0.25, 0.3) is 5.91 Å². The van der Waals surface area contributed by atoms with Gasteiger partial charge in [-0.05, 0) is 47.5 Å². The number of nitrogens with one attached hydrogen (secondary N) is 1. The van der Waals surface area contributed by atoms with Crippen molar-refractivity contribution in [1.82, 2.24) is 0 Å². The molecular weight excluding hydrogens is 397 g/mol. The second-order valence-corrected chi connectivity index (χ2v) is 5.88. The first kappa shape index (κ1) is 23.3. The quantitative estimate of drug-likeness (QED) is 0.516. The van der Waals surface area contributed by atoms with E-state index in [9.17, 15) is 4.79 Å². The van der Waals surface area contributed by atoms with Crippen LogP contribution >= 0.6 is 24.8 Å². The van der Waals surface area contributed by atoms with Gasteiger partial charge in [0, 0.05) is 12.1 Å². The van der Waals surface area contributed by atoms with E-state index in [4.69, 9.17) is 16.2 Å². The van der Waals surface area contributed by atoms with E-state index in [-0.39, 0.29) is 30.7 Å². The van der Waals surface area contributed by atoms with Crippen LogP contribution in [0.5, 0.6) is 5.75 Å². The summed E-state index contributed by atoms with van der Waals surface area (Å²) >= 11 is 0. The summed E-state index contributed by atoms with van der Waals surface area (Å²) in [7, 11) is 0. The zero-order valence-corrected chi connectivity index (χ0v) is 16.8. The lowest BCUT2D eigenvalue weighted by molar-refractivity contribution is 0.102. The highest BCUT2D eigenvalue weighted by Crippen LogP contribution is 2.18. The van der Waals surface area contributed by atoms with Gasteiger partial charge >= 0.3 is 0 Å². The van der Waals surface area contributed by atoms with Crippen molar-refractivity contribution in [2.45, 2.75) is 13.2 Å². The third kappa shape index (κ3) is 6.16. The Kier molecular flexibility index (Phi) is 9.32. The lowest BCUT2D eigenvalue weighted by Crippen LogP contribution is -2.13. The van der Waals surface area contributed by atoms with E-state index in [1.54, 1.807) is 24.3 Å². The molecule has 3 aromatic carbocycles. The van der Waals surface area contributed by atoms with Gasteiger partial charge in [-0.15, -0.1) is 24.8 Å². The third-order valence-electron chi connectivity index (χ3n) is 3.99. The smallest absolute Gasteiger partial charge is 0.255 e. The molecule has 5 nitrogen and oxygen atoms in total. The van der Waals surface area contributed by atoms with Gasteiger partial charge in [-0.25, -0.2) is 0 Å². The van der Waals surface area contributed by atoms with Crippen molar-refractivity contribution in [3.05, 3.63) is 89.5 Å². The maximum atomic E-state index is 12.3. The van der Waals surface area contributed by atoms with Gasteiger partial charge in [0.05, 0.1) is 11.4 Å². The molecule has 0 aliphatic rings. The van der Waals surface area contributed by atoms with Crippen molar-refractivity contribution in [3.8, 4) is 5.75 Å². The highest BCUT2D eigenvalue weighted by Gasteiger charge is 2.08. The molecule has 0 bridgehead atoms. The average molecular weight is 420 g/mol. The van der Waals surface area contributed by atoms with Crippen LogP contribution in [0.1, 0.15) is 21.5 Å². The van der Waals surface area contributed by atoms with E-state index in [1.165, 1.54) is 0 Å². The summed E-state index contributed by atoms with van der Waals surface area (Å²) in [6.07, 6.45) is 0. The van der Waals surface area contributed by atoms with Gasteiger partial charge < -0.3 is 21.5 Å². The average Bonchev–Trinajstić information content (AvgIpc) is 2.69. The topological polar surface area (TPSA) is 90.4 Å². The summed E-state index contributed by atoms with van der Waals surface area (Å²) in [6.45, 7) is 0.938. The molecule has 148 valence electrons. The van der Waals surface area contributed by atoms with E-state index in [1.807, 2.05) is 48.5 Å². The highest BCUT2D eigenvalue weighted by atomic mass is 35.5. The minimum Gasteiger partial charge on any atom is -0.489 e. The molecule has 0 saturated carbocycles. The normalized spacial score (nSPS) is 9.61. The van der Waals surface area contributed by atoms with Crippen LogP contribution in [0, 0.1) is 0 Å². The largest absolute Gasteiger partial charge is 0.489 e. The summed E-state index contributed by atoms with van der Waals surface area (Å²) in [5.41, 5.74) is 15.2. The van der Waals surface area contributed by atoms with Crippen LogP contribution < -0.4 is 21.5 Å². The lowest BCUT2D eigenvalue weighted by Gasteiger charge is -2.09. The predicted molar refractivity (Wildman–Crippen MR) is 118 cm³/mol. The van der Waals surface area contributed by atoms with E-state index < -0.39 is 0 Å². The Labute approximate surface area is 176 Å². The molecule has 0 aromatic heterocycles. The summed E-state index contributed by atoms with van der Waals surface area (Å²) in [5.74, 6) is 0.580. The molecule has 7 heteroatoms. The van der Waals surface area contributed by atoms with Gasteiger partial charge in [-0.1, -0.05) is 36.4 Å². The fourth-order valence-corrected chi connectivity index (χ4v) is 2.45. The minimum absolute atomic E-state index is 0. The van der Waals surface area contributed by atoms with E-state index in [2.05, 4.69) is 5.32 Å². The maximum absolute atomic E-state index is 12.3. The molecule has 0 radical (unpaired) electrons. The lowest BCUT2D eigenvalue weighted by atomic mass is 10.1. The molecular formula is C21H23Cl2N3O2. The van der Waals surface area contributed by atoms with Crippen molar-refractivity contribution in [2.24, 2.45) is 5.73 Å². The molecule has 0 unspecified atom stereocenters. The molecule has 3 aromatic rings. The van der Waals surface area contributed by atoms with Gasteiger partial charge in [0.1, 0.15) is 12.4 Å². The number of benzene rings is 3. The molecule has 5 N–H and O–H groups in total. The monoisotopic (exact) mass is 419 g/mol. The number of halogens is 2. The molecule has 0 saturated heterocycles. The van der Waals surface area contributed by atoms with Crippen molar-refractivity contribution in [2.75, 3.05) is 11.1 Å². The molecule has 28 heavy (non-hydrogen) atoms. The summed E-state index contributed by atoms with van der Waals surface area (Å²) in [6, 6.07) is 22.1. The van der Waals surface area contributed by atoms with Crippen molar-refractivity contribution >= 4 is 42.1 Å². The number of rotatable bonds is 6. The van der Waals surface area contributed by atoms with Crippen LogP contribution in [0.2, 0.25) is 0 Å². The summed E-state index contributed by atoms with van der Waals surface area (Å²) < 4.78 is 5.75. The zero-order chi connectivity index (χ0) is 18.4. The van der Waals surface area contributed by atoms with Gasteiger partial charge in [0.2, 0.25) is 0 Å². The first-order valence-electron chi connectivity index (χ1n) is 8.32. The number of amides is 1. The van der Waals surface area contributed by atoms with Crippen molar-refractivity contribution in [1.29, 1.82) is 0 Å². The Morgan fingerprint density at radius 2 is 1.46 bits per heavy atom. The number of nitrogens with two attached hydrogens (primary N) is 2. The Bertz CT molecular complexity index is 885. The summed E-state index contributed by atoms with van der Waals surface area (Å²) in [4.78, 5) is 12.3. The fraction of sp³-hybridized carbons (Fsp3) is 0.0952. The Hall–Kier alpha value is -2.73. The van der Waals surface area contributed by atoms with Crippen LogP contribution in [-0.2, 0) is 13.2 Å². The Morgan fingerprint density at radius 3 is 2.07 bits per heavy atom. The van der Waals surface area contributed by atoms with Crippen molar-refractivity contribution in [3.63, 3.8) is 0 Å². The summed E-state index contributed by atoms with van der Waals surface area (Å²) in [5, 5.41) is 2.81. The first-order valence-corrected chi connectivity index (χ1v) is 8.32. The number of hydrogen-bond acceptors (Lipinski definition) is 4. The van der Waals surface area contributed by atoms with E-state index in [0.29, 0.717) is 30.1 Å². The van der Waals surface area contributed by atoms with E-state index >= 15 is 0 Å². The Balaban J connectivity index is 0.00000196. The number of nitrogen functional groups attached to an aromatic ring is 1. The maximum Gasteiger partial charge on any atom is 0.255 e. The van der Waals surface area contributed by atoms with Crippen LogP contribution in [0.25, 0.3) is 0 Å². The van der Waals surface area contributed by atoms with E-state index in [0.717, 1.165) is 16.9 Å². The van der Waals surface area contributed by atoms with Gasteiger partial charge in [-0.3, -0.25) is 4.79 Å². The zero-order valence-electron chi connectivity index (χ0n) is 15.1. The van der Waals surface area contributed by atoms with Gasteiger partial charge in [-0.2, -0.15) is 0 Å².